The molecule has 0 atom stereocenters. The zero-order chi connectivity index (χ0) is 18.9. The Balaban J connectivity index is 1.85. The Morgan fingerprint density at radius 1 is 1.23 bits per heavy atom. The maximum atomic E-state index is 12.0. The first-order valence-corrected chi connectivity index (χ1v) is 8.74. The highest BCUT2D eigenvalue weighted by Gasteiger charge is 2.20. The first-order valence-electron chi connectivity index (χ1n) is 8.74. The van der Waals surface area contributed by atoms with Gasteiger partial charge in [-0.25, -0.2) is 4.79 Å². The van der Waals surface area contributed by atoms with Crippen LogP contribution in [0.15, 0.2) is 29.8 Å². The SMILES string of the molecule is COc1ccc(/C=C(\C#N)C(=O)OCC(=O)NC2CCC(C)CC2)cc1. The van der Waals surface area contributed by atoms with E-state index < -0.39 is 5.97 Å². The molecule has 0 aromatic heterocycles. The van der Waals surface area contributed by atoms with Crippen molar-refractivity contribution in [3.05, 3.63) is 35.4 Å². The lowest BCUT2D eigenvalue weighted by Crippen LogP contribution is -2.39. The van der Waals surface area contributed by atoms with Crippen LogP contribution in [0.5, 0.6) is 5.75 Å². The van der Waals surface area contributed by atoms with Crippen LogP contribution in [-0.2, 0) is 14.3 Å². The van der Waals surface area contributed by atoms with Crippen LogP contribution in [0.25, 0.3) is 6.08 Å². The van der Waals surface area contributed by atoms with Crippen molar-refractivity contribution in [2.75, 3.05) is 13.7 Å². The number of carbonyl (C=O) groups excluding carboxylic acids is 2. The van der Waals surface area contributed by atoms with Gasteiger partial charge in [0.2, 0.25) is 0 Å². The van der Waals surface area contributed by atoms with Gasteiger partial charge in [-0.2, -0.15) is 5.26 Å². The summed E-state index contributed by atoms with van der Waals surface area (Å²) in [4.78, 5) is 24.0. The minimum absolute atomic E-state index is 0.141. The lowest BCUT2D eigenvalue weighted by molar-refractivity contribution is -0.144. The van der Waals surface area contributed by atoms with Crippen LogP contribution in [0.4, 0.5) is 0 Å². The fourth-order valence-corrected chi connectivity index (χ4v) is 2.89. The summed E-state index contributed by atoms with van der Waals surface area (Å²) in [6, 6.07) is 8.85. The van der Waals surface area contributed by atoms with Crippen LogP contribution >= 0.6 is 0 Å². The van der Waals surface area contributed by atoms with Crippen molar-refractivity contribution in [3.63, 3.8) is 0 Å². The molecule has 1 aromatic rings. The Labute approximate surface area is 153 Å². The Morgan fingerprint density at radius 3 is 2.46 bits per heavy atom. The highest BCUT2D eigenvalue weighted by molar-refractivity contribution is 5.98. The predicted molar refractivity (Wildman–Crippen MR) is 97.1 cm³/mol. The predicted octanol–water partition coefficient (Wildman–Crippen LogP) is 2.84. The van der Waals surface area contributed by atoms with E-state index in [2.05, 4.69) is 12.2 Å². The highest BCUT2D eigenvalue weighted by Crippen LogP contribution is 2.23. The Bertz CT molecular complexity index is 696. The summed E-state index contributed by atoms with van der Waals surface area (Å²) in [7, 11) is 1.56. The number of nitriles is 1. The molecule has 0 bridgehead atoms. The number of ether oxygens (including phenoxy) is 2. The van der Waals surface area contributed by atoms with Crippen molar-refractivity contribution in [1.82, 2.24) is 5.32 Å². The molecule has 1 aliphatic carbocycles. The normalized spacial score (nSPS) is 20.0. The van der Waals surface area contributed by atoms with Gasteiger partial charge in [-0.15, -0.1) is 0 Å². The Morgan fingerprint density at radius 2 is 1.88 bits per heavy atom. The molecule has 1 aromatic carbocycles. The van der Waals surface area contributed by atoms with Crippen molar-refractivity contribution < 1.29 is 19.1 Å². The molecule has 1 N–H and O–H groups in total. The summed E-state index contributed by atoms with van der Waals surface area (Å²) in [6.45, 7) is 1.82. The lowest BCUT2D eigenvalue weighted by Gasteiger charge is -2.26. The zero-order valence-corrected chi connectivity index (χ0v) is 15.2. The van der Waals surface area contributed by atoms with E-state index >= 15 is 0 Å². The third-order valence-electron chi connectivity index (χ3n) is 4.48. The molecule has 1 fully saturated rings. The fraction of sp³-hybridized carbons (Fsp3) is 0.450. The summed E-state index contributed by atoms with van der Waals surface area (Å²) in [6.07, 6.45) is 5.49. The number of hydrogen-bond acceptors (Lipinski definition) is 5. The van der Waals surface area contributed by atoms with Crippen molar-refractivity contribution in [2.45, 2.75) is 38.6 Å². The zero-order valence-electron chi connectivity index (χ0n) is 15.2. The summed E-state index contributed by atoms with van der Waals surface area (Å²) in [5.74, 6) is 0.231. The van der Waals surface area contributed by atoms with E-state index in [-0.39, 0.29) is 24.1 Å². The number of benzene rings is 1. The van der Waals surface area contributed by atoms with Gasteiger partial charge >= 0.3 is 5.97 Å². The molecule has 26 heavy (non-hydrogen) atoms. The molecular weight excluding hydrogens is 332 g/mol. The van der Waals surface area contributed by atoms with Crippen LogP contribution in [-0.4, -0.2) is 31.6 Å². The molecule has 1 aliphatic rings. The minimum atomic E-state index is -0.810. The molecule has 0 spiro atoms. The van der Waals surface area contributed by atoms with Crippen LogP contribution < -0.4 is 10.1 Å². The molecule has 2 rings (SSSR count). The summed E-state index contributed by atoms with van der Waals surface area (Å²) >= 11 is 0. The average molecular weight is 356 g/mol. The lowest BCUT2D eigenvalue weighted by atomic mass is 9.87. The number of methoxy groups -OCH3 is 1. The molecule has 1 saturated carbocycles. The minimum Gasteiger partial charge on any atom is -0.497 e. The van der Waals surface area contributed by atoms with Crippen molar-refractivity contribution in [1.29, 1.82) is 5.26 Å². The van der Waals surface area contributed by atoms with Crippen LogP contribution in [0.1, 0.15) is 38.2 Å². The standard InChI is InChI=1S/C20H24N2O4/c1-14-3-7-17(8-4-14)22-19(23)13-26-20(24)16(12-21)11-15-5-9-18(25-2)10-6-15/h5-6,9-11,14,17H,3-4,7-8,13H2,1-2H3,(H,22,23)/b16-11+. The van der Waals surface area contributed by atoms with E-state index in [1.807, 2.05) is 6.07 Å². The molecule has 0 unspecified atom stereocenters. The quantitative estimate of drug-likeness (QED) is 0.481. The number of nitrogens with one attached hydrogen (secondary N) is 1. The molecular formula is C20H24N2O4. The molecule has 138 valence electrons. The van der Waals surface area contributed by atoms with E-state index in [1.165, 1.54) is 6.08 Å². The van der Waals surface area contributed by atoms with Gasteiger partial charge in [0, 0.05) is 6.04 Å². The monoisotopic (exact) mass is 356 g/mol. The van der Waals surface area contributed by atoms with Crippen LogP contribution in [0.2, 0.25) is 0 Å². The number of nitrogens with zero attached hydrogens (tertiary/aromatic N) is 1. The van der Waals surface area contributed by atoms with Gasteiger partial charge in [0.05, 0.1) is 7.11 Å². The first-order chi connectivity index (χ1) is 12.5. The smallest absolute Gasteiger partial charge is 0.349 e. The van der Waals surface area contributed by atoms with Crippen molar-refractivity contribution in [3.8, 4) is 11.8 Å². The number of carbonyl (C=O) groups is 2. The molecule has 0 saturated heterocycles. The molecule has 6 heteroatoms. The molecule has 6 nitrogen and oxygen atoms in total. The average Bonchev–Trinajstić information content (AvgIpc) is 2.66. The Kier molecular flexibility index (Phi) is 7.22. The summed E-state index contributed by atoms with van der Waals surface area (Å²) < 4.78 is 10.0. The first kappa shape index (κ1) is 19.5. The number of amides is 1. The third-order valence-corrected chi connectivity index (χ3v) is 4.48. The van der Waals surface area contributed by atoms with E-state index in [1.54, 1.807) is 31.4 Å². The van der Waals surface area contributed by atoms with Crippen molar-refractivity contribution >= 4 is 18.0 Å². The Hall–Kier alpha value is -2.81. The number of hydrogen-bond donors (Lipinski definition) is 1. The second-order valence-corrected chi connectivity index (χ2v) is 6.54. The summed E-state index contributed by atoms with van der Waals surface area (Å²) in [5, 5.41) is 12.0. The summed E-state index contributed by atoms with van der Waals surface area (Å²) in [5.41, 5.74) is 0.509. The van der Waals surface area contributed by atoms with E-state index in [4.69, 9.17) is 14.7 Å². The van der Waals surface area contributed by atoms with E-state index in [9.17, 15) is 9.59 Å². The third kappa shape index (κ3) is 5.92. The van der Waals surface area contributed by atoms with Gasteiger partial charge in [-0.05, 0) is 55.4 Å². The maximum Gasteiger partial charge on any atom is 0.349 e. The van der Waals surface area contributed by atoms with Gasteiger partial charge in [-0.3, -0.25) is 4.79 Å². The largest absolute Gasteiger partial charge is 0.497 e. The van der Waals surface area contributed by atoms with Gasteiger partial charge in [0.1, 0.15) is 17.4 Å². The molecule has 0 heterocycles. The molecule has 0 radical (unpaired) electrons. The van der Waals surface area contributed by atoms with Gasteiger partial charge in [0.25, 0.3) is 5.91 Å². The topological polar surface area (TPSA) is 88.4 Å². The van der Waals surface area contributed by atoms with E-state index in [0.29, 0.717) is 17.2 Å². The molecule has 1 amide bonds. The molecule has 0 aliphatic heterocycles. The van der Waals surface area contributed by atoms with Gasteiger partial charge in [-0.1, -0.05) is 19.1 Å². The second-order valence-electron chi connectivity index (χ2n) is 6.54. The van der Waals surface area contributed by atoms with Crippen molar-refractivity contribution in [2.24, 2.45) is 5.92 Å². The number of esters is 1. The van der Waals surface area contributed by atoms with Crippen LogP contribution in [0, 0.1) is 17.2 Å². The second kappa shape index (κ2) is 9.62. The maximum absolute atomic E-state index is 12.0. The fourth-order valence-electron chi connectivity index (χ4n) is 2.89. The van der Waals surface area contributed by atoms with Gasteiger partial charge < -0.3 is 14.8 Å². The van der Waals surface area contributed by atoms with E-state index in [0.717, 1.165) is 25.7 Å². The highest BCUT2D eigenvalue weighted by atomic mass is 16.5. The van der Waals surface area contributed by atoms with Crippen LogP contribution in [0.3, 0.4) is 0 Å². The van der Waals surface area contributed by atoms with Gasteiger partial charge in [0.15, 0.2) is 6.61 Å². The number of rotatable bonds is 6.